The van der Waals surface area contributed by atoms with Gasteiger partial charge in [0.2, 0.25) is 0 Å². The minimum Gasteiger partial charge on any atom is -0.354 e. The third-order valence-corrected chi connectivity index (χ3v) is 4.06. The van der Waals surface area contributed by atoms with Crippen molar-refractivity contribution in [3.05, 3.63) is 53.3 Å². The van der Waals surface area contributed by atoms with E-state index >= 15 is 0 Å². The van der Waals surface area contributed by atoms with Gasteiger partial charge in [0, 0.05) is 25.5 Å². The summed E-state index contributed by atoms with van der Waals surface area (Å²) in [6.45, 7) is 7.05. The summed E-state index contributed by atoms with van der Waals surface area (Å²) < 4.78 is 0. The van der Waals surface area contributed by atoms with Crippen LogP contribution in [0.5, 0.6) is 0 Å². The lowest BCUT2D eigenvalue weighted by Crippen LogP contribution is -2.27. The van der Waals surface area contributed by atoms with Gasteiger partial charge in [-0.3, -0.25) is 9.78 Å². The Balaban J connectivity index is 2.16. The number of hydrogen-bond acceptors (Lipinski definition) is 3. The molecule has 1 aromatic heterocycles. The number of hydrogen-bond donors (Lipinski definition) is 1. The fourth-order valence-electron chi connectivity index (χ4n) is 2.38. The summed E-state index contributed by atoms with van der Waals surface area (Å²) in [5.74, 6) is 0.00978. The van der Waals surface area contributed by atoms with E-state index in [9.17, 15) is 4.79 Å². The molecule has 2 rings (SSSR count). The first kappa shape index (κ1) is 17.0. The Labute approximate surface area is 138 Å². The molecule has 1 heterocycles. The minimum absolute atomic E-state index is 0.00978. The summed E-state index contributed by atoms with van der Waals surface area (Å²) in [7, 11) is 1.84. The number of carbonyl (C=O) groups is 1. The normalized spacial score (nSPS) is 10.4. The summed E-state index contributed by atoms with van der Waals surface area (Å²) in [5.41, 5.74) is 4.90. The second-order valence-corrected chi connectivity index (χ2v) is 5.92. The van der Waals surface area contributed by atoms with Crippen molar-refractivity contribution in [3.63, 3.8) is 0 Å². The van der Waals surface area contributed by atoms with Crippen LogP contribution >= 0.6 is 0 Å². The second kappa shape index (κ2) is 7.77. The number of nitrogens with zero attached hydrogens (tertiary/aromatic N) is 2. The first-order chi connectivity index (χ1) is 11.0. The summed E-state index contributed by atoms with van der Waals surface area (Å²) in [6.07, 6.45) is 5.45. The topological polar surface area (TPSA) is 45.2 Å². The van der Waals surface area contributed by atoms with Crippen LogP contribution in [0.2, 0.25) is 0 Å². The van der Waals surface area contributed by atoms with Crippen LogP contribution in [0.25, 0.3) is 0 Å². The number of unbranched alkanes of at least 4 members (excludes halogenated alkanes) is 1. The highest BCUT2D eigenvalue weighted by Crippen LogP contribution is 2.23. The third-order valence-electron chi connectivity index (χ3n) is 4.06. The molecule has 0 bridgehead atoms. The number of aryl methyl sites for hydroxylation is 1. The Morgan fingerprint density at radius 2 is 2.04 bits per heavy atom. The highest BCUT2D eigenvalue weighted by molar-refractivity contribution is 5.94. The van der Waals surface area contributed by atoms with Gasteiger partial charge >= 0.3 is 0 Å². The van der Waals surface area contributed by atoms with Crippen LogP contribution in [0, 0.1) is 13.8 Å². The molecule has 2 aromatic rings. The average molecular weight is 311 g/mol. The van der Waals surface area contributed by atoms with Crippen LogP contribution in [-0.4, -0.2) is 29.4 Å². The molecule has 0 aliphatic rings. The molecule has 0 aliphatic heterocycles. The zero-order valence-corrected chi connectivity index (χ0v) is 14.4. The molecule has 4 heteroatoms. The molecule has 1 aromatic carbocycles. The third kappa shape index (κ3) is 4.31. The van der Waals surface area contributed by atoms with Crippen LogP contribution in [0.3, 0.4) is 0 Å². The SMILES string of the molecule is CCCCN(C)C(=O)c1cncc(Nc2cccc(C)c2C)c1. The van der Waals surface area contributed by atoms with Gasteiger partial charge < -0.3 is 10.2 Å². The number of anilines is 2. The van der Waals surface area contributed by atoms with Gasteiger partial charge in [-0.05, 0) is 43.5 Å². The van der Waals surface area contributed by atoms with Crippen molar-refractivity contribution in [2.45, 2.75) is 33.6 Å². The van der Waals surface area contributed by atoms with Crippen molar-refractivity contribution < 1.29 is 4.79 Å². The molecule has 0 saturated carbocycles. The maximum atomic E-state index is 12.4. The Morgan fingerprint density at radius 1 is 1.26 bits per heavy atom. The van der Waals surface area contributed by atoms with Crippen LogP contribution in [0.15, 0.2) is 36.7 Å². The zero-order chi connectivity index (χ0) is 16.8. The summed E-state index contributed by atoms with van der Waals surface area (Å²) >= 11 is 0. The monoisotopic (exact) mass is 311 g/mol. The minimum atomic E-state index is 0.00978. The van der Waals surface area contributed by atoms with Crippen LogP contribution in [-0.2, 0) is 0 Å². The van der Waals surface area contributed by atoms with Crippen LogP contribution in [0.1, 0.15) is 41.3 Å². The molecule has 23 heavy (non-hydrogen) atoms. The van der Waals surface area contributed by atoms with E-state index in [-0.39, 0.29) is 5.91 Å². The molecule has 122 valence electrons. The zero-order valence-electron chi connectivity index (χ0n) is 14.4. The van der Waals surface area contributed by atoms with Crippen molar-refractivity contribution in [1.82, 2.24) is 9.88 Å². The summed E-state index contributed by atoms with van der Waals surface area (Å²) in [4.78, 5) is 18.4. The number of nitrogens with one attached hydrogen (secondary N) is 1. The van der Waals surface area contributed by atoms with E-state index in [1.54, 1.807) is 17.3 Å². The van der Waals surface area contributed by atoms with E-state index in [0.717, 1.165) is 30.8 Å². The highest BCUT2D eigenvalue weighted by Gasteiger charge is 2.12. The molecule has 1 N–H and O–H groups in total. The Morgan fingerprint density at radius 3 is 2.78 bits per heavy atom. The Bertz CT molecular complexity index is 682. The van der Waals surface area contributed by atoms with Gasteiger partial charge in [0.1, 0.15) is 0 Å². The maximum absolute atomic E-state index is 12.4. The largest absolute Gasteiger partial charge is 0.354 e. The number of amides is 1. The van der Waals surface area contributed by atoms with E-state index in [1.807, 2.05) is 25.2 Å². The smallest absolute Gasteiger partial charge is 0.255 e. The van der Waals surface area contributed by atoms with Crippen molar-refractivity contribution in [2.24, 2.45) is 0 Å². The molecule has 0 spiro atoms. The van der Waals surface area contributed by atoms with E-state index in [4.69, 9.17) is 0 Å². The molecule has 4 nitrogen and oxygen atoms in total. The van der Waals surface area contributed by atoms with Gasteiger partial charge in [-0.2, -0.15) is 0 Å². The van der Waals surface area contributed by atoms with Crippen molar-refractivity contribution >= 4 is 17.3 Å². The standard InChI is InChI=1S/C19H25N3O/c1-5-6-10-22(4)19(23)16-11-17(13-20-12-16)21-18-9-7-8-14(2)15(18)3/h7-9,11-13,21H,5-6,10H2,1-4H3. The first-order valence-electron chi connectivity index (χ1n) is 8.06. The predicted molar refractivity (Wildman–Crippen MR) is 95.3 cm³/mol. The number of rotatable bonds is 6. The molecule has 0 aliphatic carbocycles. The number of carbonyl (C=O) groups excluding carboxylic acids is 1. The van der Waals surface area contributed by atoms with E-state index in [0.29, 0.717) is 5.56 Å². The average Bonchev–Trinajstić information content (AvgIpc) is 2.56. The van der Waals surface area contributed by atoms with Gasteiger partial charge in [-0.1, -0.05) is 25.5 Å². The molecular formula is C19H25N3O. The van der Waals surface area contributed by atoms with Crippen molar-refractivity contribution in [2.75, 3.05) is 18.9 Å². The number of benzene rings is 1. The number of pyridine rings is 1. The fraction of sp³-hybridized carbons (Fsp3) is 0.368. The number of aromatic nitrogens is 1. The van der Waals surface area contributed by atoms with E-state index < -0.39 is 0 Å². The second-order valence-electron chi connectivity index (χ2n) is 5.92. The predicted octanol–water partition coefficient (Wildman–Crippen LogP) is 4.31. The summed E-state index contributed by atoms with van der Waals surface area (Å²) in [5, 5.41) is 3.36. The molecule has 1 amide bonds. The molecule has 0 radical (unpaired) electrons. The van der Waals surface area contributed by atoms with Gasteiger partial charge in [0.25, 0.3) is 5.91 Å². The van der Waals surface area contributed by atoms with Gasteiger partial charge in [0.05, 0.1) is 17.4 Å². The highest BCUT2D eigenvalue weighted by atomic mass is 16.2. The van der Waals surface area contributed by atoms with Gasteiger partial charge in [-0.15, -0.1) is 0 Å². The van der Waals surface area contributed by atoms with Crippen molar-refractivity contribution in [3.8, 4) is 0 Å². The Kier molecular flexibility index (Phi) is 5.74. The molecule has 0 unspecified atom stereocenters. The lowest BCUT2D eigenvalue weighted by Gasteiger charge is -2.17. The maximum Gasteiger partial charge on any atom is 0.255 e. The summed E-state index contributed by atoms with van der Waals surface area (Å²) in [6, 6.07) is 8.00. The lowest BCUT2D eigenvalue weighted by atomic mass is 10.1. The Hall–Kier alpha value is -2.36. The molecule has 0 fully saturated rings. The molecule has 0 saturated heterocycles. The first-order valence-corrected chi connectivity index (χ1v) is 8.06. The van der Waals surface area contributed by atoms with Crippen LogP contribution < -0.4 is 5.32 Å². The van der Waals surface area contributed by atoms with Gasteiger partial charge in [-0.25, -0.2) is 0 Å². The van der Waals surface area contributed by atoms with Crippen LogP contribution in [0.4, 0.5) is 11.4 Å². The van der Waals surface area contributed by atoms with E-state index in [2.05, 4.69) is 37.1 Å². The van der Waals surface area contributed by atoms with E-state index in [1.165, 1.54) is 11.1 Å². The lowest BCUT2D eigenvalue weighted by molar-refractivity contribution is 0.0793. The quantitative estimate of drug-likeness (QED) is 0.864. The fourth-order valence-corrected chi connectivity index (χ4v) is 2.38. The van der Waals surface area contributed by atoms with Crippen molar-refractivity contribution in [1.29, 1.82) is 0 Å². The molecule has 0 atom stereocenters. The van der Waals surface area contributed by atoms with Gasteiger partial charge in [0.15, 0.2) is 0 Å². The molecular weight excluding hydrogens is 286 g/mol.